The molecule has 30 heavy (non-hydrogen) atoms. The molecule has 1 fully saturated rings. The van der Waals surface area contributed by atoms with Gasteiger partial charge in [-0.3, -0.25) is 9.69 Å². The Kier molecular flexibility index (Phi) is 6.15. The molecule has 3 aromatic rings. The average molecular weight is 412 g/mol. The van der Waals surface area contributed by atoms with Gasteiger partial charge in [0.25, 0.3) is 5.56 Å². The van der Waals surface area contributed by atoms with Gasteiger partial charge in [-0.1, -0.05) is 13.0 Å². The van der Waals surface area contributed by atoms with Gasteiger partial charge in [0.15, 0.2) is 11.3 Å². The van der Waals surface area contributed by atoms with Gasteiger partial charge in [0.2, 0.25) is 0 Å². The van der Waals surface area contributed by atoms with E-state index in [1.54, 1.807) is 4.52 Å². The molecule has 0 spiro atoms. The maximum Gasteiger partial charge on any atom is 0.277 e. The molecule has 160 valence electrons. The van der Waals surface area contributed by atoms with Crippen LogP contribution in [0.15, 0.2) is 23.0 Å². The van der Waals surface area contributed by atoms with E-state index >= 15 is 0 Å². The van der Waals surface area contributed by atoms with E-state index in [2.05, 4.69) is 33.9 Å². The van der Waals surface area contributed by atoms with Gasteiger partial charge in [0.1, 0.15) is 11.6 Å². The maximum atomic E-state index is 12.9. The number of benzene rings is 1. The van der Waals surface area contributed by atoms with Gasteiger partial charge in [-0.25, -0.2) is 9.50 Å². The molecule has 1 aliphatic heterocycles. The van der Waals surface area contributed by atoms with Crippen molar-refractivity contribution in [2.24, 2.45) is 0 Å². The number of aromatic amines is 1. The number of imidazole rings is 1. The van der Waals surface area contributed by atoms with Crippen molar-refractivity contribution in [1.82, 2.24) is 24.5 Å². The number of morpholine rings is 1. The minimum Gasteiger partial charge on any atom is -0.493 e. The van der Waals surface area contributed by atoms with Crippen LogP contribution < -0.4 is 10.3 Å². The van der Waals surface area contributed by atoms with Crippen LogP contribution in [0.3, 0.4) is 0 Å². The maximum absolute atomic E-state index is 12.9. The van der Waals surface area contributed by atoms with E-state index in [0.717, 1.165) is 62.6 Å². The van der Waals surface area contributed by atoms with Gasteiger partial charge in [0, 0.05) is 26.1 Å². The smallest absolute Gasteiger partial charge is 0.277 e. The predicted octanol–water partition coefficient (Wildman–Crippen LogP) is 2.58. The monoisotopic (exact) mass is 411 g/mol. The Morgan fingerprint density at radius 3 is 2.77 bits per heavy atom. The zero-order valence-corrected chi connectivity index (χ0v) is 17.9. The van der Waals surface area contributed by atoms with Crippen LogP contribution in [0.1, 0.15) is 37.4 Å². The molecule has 0 atom stereocenters. The highest BCUT2D eigenvalue weighted by molar-refractivity contribution is 5.66. The number of aromatic nitrogens is 4. The van der Waals surface area contributed by atoms with Gasteiger partial charge < -0.3 is 14.5 Å². The van der Waals surface area contributed by atoms with E-state index in [0.29, 0.717) is 29.4 Å². The van der Waals surface area contributed by atoms with Crippen molar-refractivity contribution in [3.63, 3.8) is 0 Å². The van der Waals surface area contributed by atoms with Crippen LogP contribution in [0.25, 0.3) is 16.9 Å². The first-order chi connectivity index (χ1) is 14.6. The summed E-state index contributed by atoms with van der Waals surface area (Å²) in [6.45, 7) is 10.6. The van der Waals surface area contributed by atoms with Gasteiger partial charge in [-0.05, 0) is 38.0 Å². The zero-order valence-electron chi connectivity index (χ0n) is 17.9. The summed E-state index contributed by atoms with van der Waals surface area (Å²) >= 11 is 0. The number of hydrogen-bond donors (Lipinski definition) is 1. The van der Waals surface area contributed by atoms with E-state index < -0.39 is 0 Å². The fourth-order valence-corrected chi connectivity index (χ4v) is 3.90. The van der Waals surface area contributed by atoms with E-state index in [1.807, 2.05) is 19.9 Å². The van der Waals surface area contributed by atoms with Crippen LogP contribution in [-0.2, 0) is 17.7 Å². The topological polar surface area (TPSA) is 84.8 Å². The third kappa shape index (κ3) is 4.11. The lowest BCUT2D eigenvalue weighted by molar-refractivity contribution is 0.0342. The first-order valence-electron chi connectivity index (χ1n) is 10.7. The number of nitrogens with zero attached hydrogens (tertiary/aromatic N) is 4. The molecule has 4 rings (SSSR count). The molecule has 0 amide bonds. The number of aryl methyl sites for hydroxylation is 2. The molecule has 0 unspecified atom stereocenters. The first kappa shape index (κ1) is 20.6. The Balaban J connectivity index is 1.79. The molecule has 1 aromatic carbocycles. The van der Waals surface area contributed by atoms with E-state index in [-0.39, 0.29) is 5.56 Å². The molecule has 0 radical (unpaired) electrons. The van der Waals surface area contributed by atoms with Crippen LogP contribution in [0.5, 0.6) is 5.75 Å². The van der Waals surface area contributed by atoms with Crippen molar-refractivity contribution in [3.05, 3.63) is 45.6 Å². The Bertz CT molecular complexity index is 1080. The number of nitrogens with one attached hydrogen (secondary N) is 1. The van der Waals surface area contributed by atoms with E-state index in [1.165, 1.54) is 0 Å². The second kappa shape index (κ2) is 8.97. The Morgan fingerprint density at radius 2 is 2.03 bits per heavy atom. The molecule has 8 heteroatoms. The van der Waals surface area contributed by atoms with Gasteiger partial charge in [-0.15, -0.1) is 5.10 Å². The molecular formula is C22H29N5O3. The number of hydrogen-bond acceptors (Lipinski definition) is 6. The lowest BCUT2D eigenvalue weighted by Crippen LogP contribution is -2.35. The molecule has 0 aliphatic carbocycles. The Labute approximate surface area is 175 Å². The van der Waals surface area contributed by atoms with Crippen LogP contribution in [0, 0.1) is 6.92 Å². The van der Waals surface area contributed by atoms with Crippen LogP contribution in [0.4, 0.5) is 0 Å². The van der Waals surface area contributed by atoms with Crippen molar-refractivity contribution >= 4 is 5.52 Å². The van der Waals surface area contributed by atoms with Crippen molar-refractivity contribution in [2.45, 2.75) is 40.2 Å². The molecule has 1 N–H and O–H groups in total. The van der Waals surface area contributed by atoms with Gasteiger partial charge in [0.05, 0.1) is 31.1 Å². The number of H-pyrrole nitrogens is 1. The summed E-state index contributed by atoms with van der Waals surface area (Å²) in [5, 5.41) is 4.76. The van der Waals surface area contributed by atoms with Crippen molar-refractivity contribution in [3.8, 4) is 17.1 Å². The highest BCUT2D eigenvalue weighted by Crippen LogP contribution is 2.29. The van der Waals surface area contributed by atoms with Crippen molar-refractivity contribution in [1.29, 1.82) is 0 Å². The number of fused-ring (bicyclic) bond motifs is 1. The zero-order chi connectivity index (χ0) is 21.1. The third-order valence-corrected chi connectivity index (χ3v) is 5.33. The van der Waals surface area contributed by atoms with Gasteiger partial charge >= 0.3 is 0 Å². The highest BCUT2D eigenvalue weighted by Gasteiger charge is 2.18. The fourth-order valence-electron chi connectivity index (χ4n) is 3.90. The van der Waals surface area contributed by atoms with E-state index in [9.17, 15) is 4.79 Å². The van der Waals surface area contributed by atoms with Crippen LogP contribution in [-0.4, -0.2) is 57.4 Å². The molecule has 8 nitrogen and oxygen atoms in total. The second-order valence-corrected chi connectivity index (χ2v) is 7.58. The molecule has 0 saturated carbocycles. The summed E-state index contributed by atoms with van der Waals surface area (Å²) in [6.07, 6.45) is 1.70. The number of rotatable bonds is 7. The quantitative estimate of drug-likeness (QED) is 0.643. The SMILES string of the molecule is CCCc1nc(C)c2c(=O)[nH]c(-c3cc(CN4CCOCC4)ccc3OCC)nn12. The van der Waals surface area contributed by atoms with Gasteiger partial charge in [-0.2, -0.15) is 0 Å². The molecule has 1 saturated heterocycles. The highest BCUT2D eigenvalue weighted by atomic mass is 16.5. The van der Waals surface area contributed by atoms with Crippen LogP contribution >= 0.6 is 0 Å². The summed E-state index contributed by atoms with van der Waals surface area (Å²) in [5.74, 6) is 2.01. The first-order valence-corrected chi connectivity index (χ1v) is 10.7. The van der Waals surface area contributed by atoms with Crippen LogP contribution in [0.2, 0.25) is 0 Å². The fraction of sp³-hybridized carbons (Fsp3) is 0.500. The number of ether oxygens (including phenoxy) is 2. The van der Waals surface area contributed by atoms with Crippen molar-refractivity contribution in [2.75, 3.05) is 32.9 Å². The molecule has 1 aliphatic rings. The third-order valence-electron chi connectivity index (χ3n) is 5.33. The molecule has 0 bridgehead atoms. The summed E-state index contributed by atoms with van der Waals surface area (Å²) < 4.78 is 13.0. The molecule has 3 heterocycles. The predicted molar refractivity (Wildman–Crippen MR) is 115 cm³/mol. The second-order valence-electron chi connectivity index (χ2n) is 7.58. The minimum atomic E-state index is -0.187. The Hall–Kier alpha value is -2.71. The normalized spacial score (nSPS) is 15.0. The Morgan fingerprint density at radius 1 is 1.23 bits per heavy atom. The lowest BCUT2D eigenvalue weighted by atomic mass is 10.1. The van der Waals surface area contributed by atoms with Crippen molar-refractivity contribution < 1.29 is 9.47 Å². The standard InChI is InChI=1S/C22H29N5O3/c1-4-6-19-23-15(3)20-22(28)24-21(25-27(19)20)17-13-16(7-8-18(17)30-5-2)14-26-9-11-29-12-10-26/h7-8,13H,4-6,9-12,14H2,1-3H3,(H,24,25,28). The molecular weight excluding hydrogens is 382 g/mol. The minimum absolute atomic E-state index is 0.187. The summed E-state index contributed by atoms with van der Waals surface area (Å²) in [6, 6.07) is 6.10. The van der Waals surface area contributed by atoms with E-state index in [4.69, 9.17) is 14.6 Å². The summed E-state index contributed by atoms with van der Waals surface area (Å²) in [7, 11) is 0. The molecule has 2 aromatic heterocycles. The largest absolute Gasteiger partial charge is 0.493 e. The summed E-state index contributed by atoms with van der Waals surface area (Å²) in [5.41, 5.74) is 2.95. The average Bonchev–Trinajstić information content (AvgIpc) is 3.06. The lowest BCUT2D eigenvalue weighted by Gasteiger charge is -2.26. The summed E-state index contributed by atoms with van der Waals surface area (Å²) in [4.78, 5) is 22.7.